The molecule has 1 heterocycles. The monoisotopic (exact) mass is 324 g/mol. The zero-order valence-electron chi connectivity index (χ0n) is 12.4. The number of carbonyl (C=O) groups excluding carboxylic acids is 3. The second-order valence-corrected chi connectivity index (χ2v) is 5.10. The van der Waals surface area contributed by atoms with Crippen molar-refractivity contribution in [3.8, 4) is 0 Å². The molecule has 2 aromatic carbocycles. The number of nitrogens with one attached hydrogen (secondary N) is 1. The van der Waals surface area contributed by atoms with E-state index in [4.69, 9.17) is 5.11 Å². The van der Waals surface area contributed by atoms with Crippen molar-refractivity contribution in [2.24, 2.45) is 0 Å². The summed E-state index contributed by atoms with van der Waals surface area (Å²) in [6, 6.07) is 12.1. The molecule has 0 radical (unpaired) electrons. The molecule has 0 saturated carbocycles. The van der Waals surface area contributed by atoms with Gasteiger partial charge in [0, 0.05) is 0 Å². The summed E-state index contributed by atoms with van der Waals surface area (Å²) in [5.74, 6) is -2.91. The number of benzene rings is 2. The molecule has 0 bridgehead atoms. The van der Waals surface area contributed by atoms with Gasteiger partial charge in [-0.25, -0.2) is 4.79 Å². The summed E-state index contributed by atoms with van der Waals surface area (Å²) in [6.07, 6.45) is 0. The van der Waals surface area contributed by atoms with Crippen molar-refractivity contribution in [2.45, 2.75) is 0 Å². The van der Waals surface area contributed by atoms with Gasteiger partial charge in [0.25, 0.3) is 17.7 Å². The number of aromatic carboxylic acids is 1. The average molecular weight is 324 g/mol. The van der Waals surface area contributed by atoms with E-state index in [1.54, 1.807) is 12.1 Å². The summed E-state index contributed by atoms with van der Waals surface area (Å²) in [4.78, 5) is 48.6. The Morgan fingerprint density at radius 1 is 0.875 bits per heavy atom. The fourth-order valence-corrected chi connectivity index (χ4v) is 2.50. The molecule has 120 valence electrons. The maximum Gasteiger partial charge on any atom is 0.336 e. The lowest BCUT2D eigenvalue weighted by molar-refractivity contribution is 0.0627. The Balaban J connectivity index is 1.76. The third-order valence-corrected chi connectivity index (χ3v) is 3.68. The quantitative estimate of drug-likeness (QED) is 0.827. The molecule has 3 amide bonds. The second-order valence-electron chi connectivity index (χ2n) is 5.10. The fourth-order valence-electron chi connectivity index (χ4n) is 2.50. The van der Waals surface area contributed by atoms with Crippen LogP contribution in [0.2, 0.25) is 0 Å². The SMILES string of the molecule is O=C(O)c1ccccc1C(=O)NCN1C(=O)c2ccccc2C1=O. The minimum atomic E-state index is -1.23. The first kappa shape index (κ1) is 15.4. The van der Waals surface area contributed by atoms with Crippen molar-refractivity contribution in [3.63, 3.8) is 0 Å². The van der Waals surface area contributed by atoms with Crippen LogP contribution in [0.15, 0.2) is 48.5 Å². The Bertz CT molecular complexity index is 840. The summed E-state index contributed by atoms with van der Waals surface area (Å²) in [5, 5.41) is 11.5. The van der Waals surface area contributed by atoms with Crippen LogP contribution in [-0.4, -0.2) is 40.4 Å². The molecular weight excluding hydrogens is 312 g/mol. The van der Waals surface area contributed by atoms with Crippen LogP contribution in [0.3, 0.4) is 0 Å². The molecule has 0 aliphatic carbocycles. The Kier molecular flexibility index (Phi) is 3.83. The Hall–Kier alpha value is -3.48. The number of carboxylic acids is 1. The van der Waals surface area contributed by atoms with Gasteiger partial charge in [-0.1, -0.05) is 24.3 Å². The van der Waals surface area contributed by atoms with E-state index in [0.29, 0.717) is 0 Å². The molecule has 2 N–H and O–H groups in total. The largest absolute Gasteiger partial charge is 0.478 e. The van der Waals surface area contributed by atoms with Gasteiger partial charge >= 0.3 is 5.97 Å². The van der Waals surface area contributed by atoms with Crippen LogP contribution in [0.25, 0.3) is 0 Å². The number of hydrogen-bond acceptors (Lipinski definition) is 4. The van der Waals surface area contributed by atoms with E-state index in [1.807, 2.05) is 0 Å². The number of fused-ring (bicyclic) bond motifs is 1. The number of carbonyl (C=O) groups is 4. The Morgan fingerprint density at radius 3 is 1.92 bits per heavy atom. The number of carboxylic acid groups (broad SMARTS) is 1. The number of amides is 3. The van der Waals surface area contributed by atoms with Crippen molar-refractivity contribution < 1.29 is 24.3 Å². The van der Waals surface area contributed by atoms with Crippen LogP contribution in [-0.2, 0) is 0 Å². The molecule has 1 aliphatic heterocycles. The van der Waals surface area contributed by atoms with Gasteiger partial charge in [0.1, 0.15) is 6.67 Å². The second kappa shape index (κ2) is 5.96. The highest BCUT2D eigenvalue weighted by Gasteiger charge is 2.35. The predicted molar refractivity (Wildman–Crippen MR) is 82.7 cm³/mol. The maximum atomic E-state index is 12.2. The molecule has 24 heavy (non-hydrogen) atoms. The molecule has 0 saturated heterocycles. The Labute approximate surface area is 136 Å². The van der Waals surface area contributed by atoms with Gasteiger partial charge in [-0.15, -0.1) is 0 Å². The minimum Gasteiger partial charge on any atom is -0.478 e. The molecule has 3 rings (SSSR count). The molecule has 0 fully saturated rings. The number of nitrogens with zero attached hydrogens (tertiary/aromatic N) is 1. The molecule has 0 spiro atoms. The van der Waals surface area contributed by atoms with Crippen molar-refractivity contribution in [2.75, 3.05) is 6.67 Å². The first-order chi connectivity index (χ1) is 11.5. The van der Waals surface area contributed by atoms with E-state index in [9.17, 15) is 19.2 Å². The smallest absolute Gasteiger partial charge is 0.336 e. The van der Waals surface area contributed by atoms with Gasteiger partial charge in [0.15, 0.2) is 0 Å². The van der Waals surface area contributed by atoms with Crippen molar-refractivity contribution in [1.82, 2.24) is 10.2 Å². The summed E-state index contributed by atoms with van der Waals surface area (Å²) >= 11 is 0. The summed E-state index contributed by atoms with van der Waals surface area (Å²) in [7, 11) is 0. The lowest BCUT2D eigenvalue weighted by atomic mass is 10.1. The zero-order chi connectivity index (χ0) is 17.3. The van der Waals surface area contributed by atoms with Gasteiger partial charge < -0.3 is 10.4 Å². The zero-order valence-corrected chi connectivity index (χ0v) is 12.4. The third kappa shape index (κ3) is 2.52. The molecule has 1 aliphatic rings. The number of rotatable bonds is 4. The lowest BCUT2D eigenvalue weighted by Gasteiger charge is -2.15. The van der Waals surface area contributed by atoms with E-state index in [-0.39, 0.29) is 28.9 Å². The van der Waals surface area contributed by atoms with Gasteiger partial charge in [-0.2, -0.15) is 0 Å². The highest BCUT2D eigenvalue weighted by atomic mass is 16.4. The third-order valence-electron chi connectivity index (χ3n) is 3.68. The molecule has 0 atom stereocenters. The van der Waals surface area contributed by atoms with Crippen LogP contribution in [0.1, 0.15) is 41.4 Å². The van der Waals surface area contributed by atoms with Gasteiger partial charge in [-0.3, -0.25) is 19.3 Å². The summed E-state index contributed by atoms with van der Waals surface area (Å²) in [5.41, 5.74) is 0.365. The van der Waals surface area contributed by atoms with Crippen LogP contribution < -0.4 is 5.32 Å². The first-order valence-electron chi connectivity index (χ1n) is 7.06. The fraction of sp³-hybridized carbons (Fsp3) is 0.0588. The maximum absolute atomic E-state index is 12.2. The summed E-state index contributed by atoms with van der Waals surface area (Å²) in [6.45, 7) is -0.334. The average Bonchev–Trinajstić information content (AvgIpc) is 2.84. The predicted octanol–water partition coefficient (Wildman–Crippen LogP) is 1.37. The van der Waals surface area contributed by atoms with Crippen molar-refractivity contribution in [1.29, 1.82) is 0 Å². The van der Waals surface area contributed by atoms with Crippen LogP contribution in [0.4, 0.5) is 0 Å². The van der Waals surface area contributed by atoms with E-state index >= 15 is 0 Å². The normalized spacial score (nSPS) is 12.9. The topological polar surface area (TPSA) is 104 Å². The molecule has 0 aromatic heterocycles. The van der Waals surface area contributed by atoms with Crippen molar-refractivity contribution >= 4 is 23.7 Å². The van der Waals surface area contributed by atoms with Gasteiger partial charge in [-0.05, 0) is 24.3 Å². The molecule has 0 unspecified atom stereocenters. The summed E-state index contributed by atoms with van der Waals surface area (Å²) < 4.78 is 0. The lowest BCUT2D eigenvalue weighted by Crippen LogP contribution is -2.41. The van der Waals surface area contributed by atoms with Gasteiger partial charge in [0.2, 0.25) is 0 Å². The standard InChI is InChI=1S/C17H12N2O5/c20-14(10-5-1-4-8-13(10)17(23)24)18-9-19-15(21)11-6-2-3-7-12(11)16(19)22/h1-8H,9H2,(H,18,20)(H,23,24). The van der Waals surface area contributed by atoms with E-state index in [1.165, 1.54) is 36.4 Å². The van der Waals surface area contributed by atoms with Crippen LogP contribution in [0, 0.1) is 0 Å². The van der Waals surface area contributed by atoms with Crippen LogP contribution >= 0.6 is 0 Å². The molecule has 7 heteroatoms. The Morgan fingerprint density at radius 2 is 1.38 bits per heavy atom. The van der Waals surface area contributed by atoms with E-state index in [0.717, 1.165) is 4.90 Å². The molecule has 7 nitrogen and oxygen atoms in total. The van der Waals surface area contributed by atoms with Gasteiger partial charge in [0.05, 0.1) is 22.3 Å². The van der Waals surface area contributed by atoms with E-state index < -0.39 is 23.7 Å². The van der Waals surface area contributed by atoms with E-state index in [2.05, 4.69) is 5.32 Å². The minimum absolute atomic E-state index is 0.0402. The number of imide groups is 1. The van der Waals surface area contributed by atoms with Crippen LogP contribution in [0.5, 0.6) is 0 Å². The highest BCUT2D eigenvalue weighted by molar-refractivity contribution is 6.21. The van der Waals surface area contributed by atoms with Crippen molar-refractivity contribution in [3.05, 3.63) is 70.8 Å². The first-order valence-corrected chi connectivity index (χ1v) is 7.06. The highest BCUT2D eigenvalue weighted by Crippen LogP contribution is 2.21. The molecule has 2 aromatic rings. The molecular formula is C17H12N2O5. The number of hydrogen-bond donors (Lipinski definition) is 2.